The normalized spacial score (nSPS) is 11.8. The van der Waals surface area contributed by atoms with Crippen molar-refractivity contribution in [3.63, 3.8) is 0 Å². The number of para-hydroxylation sites is 3. The molecule has 4 heterocycles. The van der Waals surface area contributed by atoms with Crippen LogP contribution in [-0.4, -0.2) is 19.5 Å². The number of nitrogens with zero attached hydrogens (tertiary/aromatic N) is 4. The number of rotatable bonds is 7. The van der Waals surface area contributed by atoms with Crippen molar-refractivity contribution >= 4 is 65.7 Å². The Balaban J connectivity index is 0.937. The van der Waals surface area contributed by atoms with Crippen molar-refractivity contribution in [2.24, 2.45) is 0 Å². The molecule has 0 fully saturated rings. The maximum absolute atomic E-state index is 7.00. The molecular formula is C63H38N4O2. The van der Waals surface area contributed by atoms with Crippen molar-refractivity contribution in [2.45, 2.75) is 0 Å². The van der Waals surface area contributed by atoms with Crippen LogP contribution in [0, 0.1) is 0 Å². The molecule has 0 saturated heterocycles. The molecule has 322 valence electrons. The standard InChI is InChI=1S/C63H38N4O2/c1-4-17-39(18-5-1)42-33-36-53-51(38-42)46-25-10-12-29-52(46)67(53)54-30-15-28-50-57-47(27-16-32-56(57)69-59(50)54)48-35-34-45(60-58(48)49-26-11-13-31-55(49)68-60)43-23-14-24-44(37-43)63-65-61(40-19-6-2-7-20-40)64-62(66-63)41-21-8-3-9-22-41/h1-38H. The van der Waals surface area contributed by atoms with E-state index in [1.807, 2.05) is 66.7 Å². The van der Waals surface area contributed by atoms with Crippen molar-refractivity contribution in [1.82, 2.24) is 19.5 Å². The average molecular weight is 883 g/mol. The predicted molar refractivity (Wildman–Crippen MR) is 281 cm³/mol. The average Bonchev–Trinajstić information content (AvgIpc) is 4.11. The molecule has 0 saturated carbocycles. The fourth-order valence-electron chi connectivity index (χ4n) is 10.3. The highest BCUT2D eigenvalue weighted by Crippen LogP contribution is 2.47. The van der Waals surface area contributed by atoms with Crippen LogP contribution in [0.4, 0.5) is 0 Å². The number of furan rings is 2. The van der Waals surface area contributed by atoms with Crippen LogP contribution in [0.25, 0.3) is 139 Å². The van der Waals surface area contributed by atoms with E-state index in [9.17, 15) is 0 Å². The Morgan fingerprint density at radius 1 is 0.290 bits per heavy atom. The SMILES string of the molecule is c1ccc(-c2ccc3c(c2)c2ccccc2n3-c2cccc3c2oc2cccc(-c4ccc(-c5cccc(-c6nc(-c7ccccc7)nc(-c7ccccc7)n6)c5)c5oc6ccccc6c45)c23)cc1. The first-order chi connectivity index (χ1) is 34.2. The fourth-order valence-corrected chi connectivity index (χ4v) is 10.3. The third-order valence-corrected chi connectivity index (χ3v) is 13.5. The number of hydrogen-bond donors (Lipinski definition) is 0. The molecule has 0 bridgehead atoms. The smallest absolute Gasteiger partial charge is 0.164 e. The van der Waals surface area contributed by atoms with Gasteiger partial charge in [0.1, 0.15) is 16.7 Å². The van der Waals surface area contributed by atoms with Gasteiger partial charge in [-0.15, -0.1) is 0 Å². The summed E-state index contributed by atoms with van der Waals surface area (Å²) in [6, 6.07) is 80.2. The predicted octanol–water partition coefficient (Wildman–Crippen LogP) is 16.8. The summed E-state index contributed by atoms with van der Waals surface area (Å²) in [5.41, 5.74) is 15.7. The van der Waals surface area contributed by atoms with Gasteiger partial charge >= 0.3 is 0 Å². The zero-order valence-electron chi connectivity index (χ0n) is 37.0. The van der Waals surface area contributed by atoms with Crippen LogP contribution < -0.4 is 0 Å². The molecule has 14 rings (SSSR count). The Labute approximate surface area is 396 Å². The van der Waals surface area contributed by atoms with Crippen LogP contribution in [0.15, 0.2) is 239 Å². The molecule has 4 aromatic heterocycles. The van der Waals surface area contributed by atoms with Crippen LogP contribution in [0.2, 0.25) is 0 Å². The lowest BCUT2D eigenvalue weighted by molar-refractivity contribution is 0.666. The summed E-state index contributed by atoms with van der Waals surface area (Å²) in [6.07, 6.45) is 0. The summed E-state index contributed by atoms with van der Waals surface area (Å²) in [6.45, 7) is 0. The van der Waals surface area contributed by atoms with Crippen LogP contribution in [0.1, 0.15) is 0 Å². The lowest BCUT2D eigenvalue weighted by Gasteiger charge is -2.12. The summed E-state index contributed by atoms with van der Waals surface area (Å²) in [5.74, 6) is 1.83. The highest BCUT2D eigenvalue weighted by Gasteiger charge is 2.23. The summed E-state index contributed by atoms with van der Waals surface area (Å²) >= 11 is 0. The minimum atomic E-state index is 0.595. The topological polar surface area (TPSA) is 69.9 Å². The Bertz CT molecular complexity index is 4250. The van der Waals surface area contributed by atoms with E-state index < -0.39 is 0 Å². The lowest BCUT2D eigenvalue weighted by atomic mass is 9.92. The van der Waals surface area contributed by atoms with Gasteiger partial charge in [-0.1, -0.05) is 182 Å². The number of benzene rings is 10. The second-order valence-corrected chi connectivity index (χ2v) is 17.5. The number of hydrogen-bond acceptors (Lipinski definition) is 5. The van der Waals surface area contributed by atoms with Gasteiger partial charge in [-0.05, 0) is 76.3 Å². The third kappa shape index (κ3) is 6.30. The first-order valence-electron chi connectivity index (χ1n) is 23.2. The summed E-state index contributed by atoms with van der Waals surface area (Å²) in [4.78, 5) is 15.0. The third-order valence-electron chi connectivity index (χ3n) is 13.5. The van der Waals surface area contributed by atoms with Crippen molar-refractivity contribution in [3.8, 4) is 73.2 Å². The Morgan fingerprint density at radius 2 is 0.826 bits per heavy atom. The van der Waals surface area contributed by atoms with Crippen molar-refractivity contribution < 1.29 is 8.83 Å². The molecule has 0 aliphatic heterocycles. The monoisotopic (exact) mass is 882 g/mol. The molecule has 0 radical (unpaired) electrons. The largest absolute Gasteiger partial charge is 0.455 e. The Morgan fingerprint density at radius 3 is 1.59 bits per heavy atom. The molecule has 10 aromatic carbocycles. The quantitative estimate of drug-likeness (QED) is 0.159. The van der Waals surface area contributed by atoms with Gasteiger partial charge in [0.2, 0.25) is 0 Å². The molecule has 0 unspecified atom stereocenters. The molecule has 0 amide bonds. The molecule has 14 aromatic rings. The van der Waals surface area contributed by atoms with Crippen molar-refractivity contribution in [3.05, 3.63) is 231 Å². The van der Waals surface area contributed by atoms with Crippen LogP contribution in [-0.2, 0) is 0 Å². The van der Waals surface area contributed by atoms with E-state index in [4.69, 9.17) is 23.8 Å². The van der Waals surface area contributed by atoms with Crippen LogP contribution in [0.3, 0.4) is 0 Å². The second-order valence-electron chi connectivity index (χ2n) is 17.5. The minimum Gasteiger partial charge on any atom is -0.455 e. The Hall–Kier alpha value is -9.39. The zero-order valence-corrected chi connectivity index (χ0v) is 37.0. The minimum absolute atomic E-state index is 0.595. The maximum Gasteiger partial charge on any atom is 0.164 e. The lowest BCUT2D eigenvalue weighted by Crippen LogP contribution is -2.00. The van der Waals surface area contributed by atoms with Gasteiger partial charge < -0.3 is 13.4 Å². The zero-order chi connectivity index (χ0) is 45.4. The summed E-state index contributed by atoms with van der Waals surface area (Å²) in [5, 5.41) is 6.58. The molecule has 0 spiro atoms. The molecule has 6 heteroatoms. The van der Waals surface area contributed by atoms with E-state index in [2.05, 4.69) is 168 Å². The maximum atomic E-state index is 7.00. The van der Waals surface area contributed by atoms with Gasteiger partial charge in [0.05, 0.1) is 16.7 Å². The molecule has 0 N–H and O–H groups in total. The van der Waals surface area contributed by atoms with E-state index >= 15 is 0 Å². The van der Waals surface area contributed by atoms with Crippen LogP contribution in [0.5, 0.6) is 0 Å². The highest BCUT2D eigenvalue weighted by atomic mass is 16.3. The number of aromatic nitrogens is 4. The van der Waals surface area contributed by atoms with Gasteiger partial charge in [-0.3, -0.25) is 0 Å². The van der Waals surface area contributed by atoms with Crippen LogP contribution >= 0.6 is 0 Å². The summed E-state index contributed by atoms with van der Waals surface area (Å²) < 4.78 is 16.3. The van der Waals surface area contributed by atoms with Gasteiger partial charge in [-0.25, -0.2) is 15.0 Å². The first-order valence-corrected chi connectivity index (χ1v) is 23.2. The fraction of sp³-hybridized carbons (Fsp3) is 0. The molecular weight excluding hydrogens is 845 g/mol. The van der Waals surface area contributed by atoms with E-state index in [1.165, 1.54) is 21.9 Å². The second kappa shape index (κ2) is 15.6. The van der Waals surface area contributed by atoms with E-state index in [-0.39, 0.29) is 0 Å². The van der Waals surface area contributed by atoms with E-state index in [1.54, 1.807) is 0 Å². The van der Waals surface area contributed by atoms with Crippen molar-refractivity contribution in [1.29, 1.82) is 0 Å². The van der Waals surface area contributed by atoms with E-state index in [0.717, 1.165) is 99.5 Å². The summed E-state index contributed by atoms with van der Waals surface area (Å²) in [7, 11) is 0. The molecule has 6 nitrogen and oxygen atoms in total. The Kier molecular flexibility index (Phi) is 8.79. The molecule has 0 aliphatic carbocycles. The van der Waals surface area contributed by atoms with E-state index in [0.29, 0.717) is 17.5 Å². The molecule has 69 heavy (non-hydrogen) atoms. The van der Waals surface area contributed by atoms with Gasteiger partial charge in [0.15, 0.2) is 23.1 Å². The van der Waals surface area contributed by atoms with Gasteiger partial charge in [-0.2, -0.15) is 0 Å². The first kappa shape index (κ1) is 38.8. The van der Waals surface area contributed by atoms with Gasteiger partial charge in [0, 0.05) is 54.6 Å². The van der Waals surface area contributed by atoms with Gasteiger partial charge in [0.25, 0.3) is 0 Å². The number of fused-ring (bicyclic) bond motifs is 9. The molecule has 0 atom stereocenters. The molecule has 0 aliphatic rings. The highest BCUT2D eigenvalue weighted by molar-refractivity contribution is 6.22. The van der Waals surface area contributed by atoms with Crippen molar-refractivity contribution in [2.75, 3.05) is 0 Å².